The fourth-order valence-electron chi connectivity index (χ4n) is 2.17. The average molecular weight is 407 g/mol. The van der Waals surface area contributed by atoms with Crippen LogP contribution in [-0.2, 0) is 5.33 Å². The Morgan fingerprint density at radius 2 is 1.90 bits per heavy atom. The van der Waals surface area contributed by atoms with Gasteiger partial charge in [-0.15, -0.1) is 0 Å². The van der Waals surface area contributed by atoms with Gasteiger partial charge in [-0.05, 0) is 37.3 Å². The van der Waals surface area contributed by atoms with Gasteiger partial charge in [-0.3, -0.25) is 0 Å². The SMILES string of the molecule is Cc1ccc2cccc(Oc3ccc(Br)cc3CBr)c2n1. The van der Waals surface area contributed by atoms with Crippen LogP contribution in [0.1, 0.15) is 11.3 Å². The van der Waals surface area contributed by atoms with E-state index in [0.29, 0.717) is 0 Å². The molecule has 0 amide bonds. The Labute approximate surface area is 140 Å². The maximum atomic E-state index is 6.11. The van der Waals surface area contributed by atoms with Gasteiger partial charge in [0.05, 0.1) is 0 Å². The third-order valence-electron chi connectivity index (χ3n) is 3.21. The molecular weight excluding hydrogens is 394 g/mol. The van der Waals surface area contributed by atoms with Gasteiger partial charge in [0.2, 0.25) is 0 Å². The Morgan fingerprint density at radius 1 is 1.05 bits per heavy atom. The van der Waals surface area contributed by atoms with Crippen molar-refractivity contribution in [2.24, 2.45) is 0 Å². The molecule has 2 aromatic carbocycles. The molecule has 0 aliphatic rings. The van der Waals surface area contributed by atoms with Gasteiger partial charge in [-0.25, -0.2) is 4.98 Å². The number of rotatable bonds is 3. The minimum absolute atomic E-state index is 0.735. The molecule has 0 aliphatic heterocycles. The molecule has 3 rings (SSSR count). The quantitative estimate of drug-likeness (QED) is 0.498. The lowest BCUT2D eigenvalue weighted by Gasteiger charge is -2.12. The third-order valence-corrected chi connectivity index (χ3v) is 4.31. The van der Waals surface area contributed by atoms with Crippen molar-refractivity contribution in [1.29, 1.82) is 0 Å². The summed E-state index contributed by atoms with van der Waals surface area (Å²) in [6, 6.07) is 16.1. The van der Waals surface area contributed by atoms with Gasteiger partial charge in [-0.2, -0.15) is 0 Å². The van der Waals surface area contributed by atoms with Crippen molar-refractivity contribution >= 4 is 42.8 Å². The Morgan fingerprint density at radius 3 is 2.71 bits per heavy atom. The second-order valence-electron chi connectivity index (χ2n) is 4.77. The van der Waals surface area contributed by atoms with Crippen molar-refractivity contribution in [3.63, 3.8) is 0 Å². The summed E-state index contributed by atoms with van der Waals surface area (Å²) in [5.41, 5.74) is 2.96. The number of hydrogen-bond acceptors (Lipinski definition) is 2. The van der Waals surface area contributed by atoms with Crippen LogP contribution in [0.4, 0.5) is 0 Å². The summed E-state index contributed by atoms with van der Waals surface area (Å²) in [7, 11) is 0. The fourth-order valence-corrected chi connectivity index (χ4v) is 3.02. The van der Waals surface area contributed by atoms with E-state index in [-0.39, 0.29) is 0 Å². The van der Waals surface area contributed by atoms with E-state index in [0.717, 1.165) is 43.5 Å². The number of nitrogens with zero attached hydrogens (tertiary/aromatic N) is 1. The van der Waals surface area contributed by atoms with Gasteiger partial charge in [0.15, 0.2) is 5.75 Å². The lowest BCUT2D eigenvalue weighted by atomic mass is 10.2. The van der Waals surface area contributed by atoms with Crippen molar-refractivity contribution < 1.29 is 4.74 Å². The van der Waals surface area contributed by atoms with E-state index in [1.165, 1.54) is 0 Å². The number of fused-ring (bicyclic) bond motifs is 1. The van der Waals surface area contributed by atoms with Crippen LogP contribution in [0.2, 0.25) is 0 Å². The molecule has 0 aliphatic carbocycles. The molecule has 0 fully saturated rings. The molecule has 0 spiro atoms. The van der Waals surface area contributed by atoms with E-state index in [1.807, 2.05) is 49.4 Å². The summed E-state index contributed by atoms with van der Waals surface area (Å²) in [5, 5.41) is 1.81. The summed E-state index contributed by atoms with van der Waals surface area (Å²) in [4.78, 5) is 4.60. The van der Waals surface area contributed by atoms with E-state index < -0.39 is 0 Å². The zero-order valence-electron chi connectivity index (χ0n) is 11.4. The van der Waals surface area contributed by atoms with Crippen LogP contribution in [0.25, 0.3) is 10.9 Å². The van der Waals surface area contributed by atoms with Gasteiger partial charge in [0.25, 0.3) is 0 Å². The molecule has 0 N–H and O–H groups in total. The number of aryl methyl sites for hydroxylation is 1. The lowest BCUT2D eigenvalue weighted by Crippen LogP contribution is -1.92. The molecule has 0 saturated carbocycles. The molecular formula is C17H13Br2NO. The second-order valence-corrected chi connectivity index (χ2v) is 6.24. The second kappa shape index (κ2) is 6.16. The van der Waals surface area contributed by atoms with Gasteiger partial charge in [0.1, 0.15) is 11.3 Å². The molecule has 1 heterocycles. The van der Waals surface area contributed by atoms with Crippen LogP contribution in [-0.4, -0.2) is 4.98 Å². The monoisotopic (exact) mass is 405 g/mol. The summed E-state index contributed by atoms with van der Waals surface area (Å²) < 4.78 is 7.15. The first-order chi connectivity index (χ1) is 10.2. The maximum Gasteiger partial charge on any atom is 0.153 e. The van der Waals surface area contributed by atoms with Crippen LogP contribution >= 0.6 is 31.9 Å². The van der Waals surface area contributed by atoms with Crippen molar-refractivity contribution in [2.75, 3.05) is 0 Å². The lowest BCUT2D eigenvalue weighted by molar-refractivity contribution is 0.483. The maximum absolute atomic E-state index is 6.11. The van der Waals surface area contributed by atoms with Crippen LogP contribution in [0.5, 0.6) is 11.5 Å². The van der Waals surface area contributed by atoms with Gasteiger partial charge >= 0.3 is 0 Å². The Balaban J connectivity index is 2.08. The summed E-state index contributed by atoms with van der Waals surface area (Å²) in [6.45, 7) is 1.99. The molecule has 21 heavy (non-hydrogen) atoms. The number of alkyl halides is 1. The smallest absolute Gasteiger partial charge is 0.153 e. The number of halogens is 2. The third kappa shape index (κ3) is 3.11. The molecule has 3 aromatic rings. The molecule has 2 nitrogen and oxygen atoms in total. The van der Waals surface area contributed by atoms with Crippen molar-refractivity contribution in [3.8, 4) is 11.5 Å². The average Bonchev–Trinajstić information content (AvgIpc) is 2.49. The predicted octanol–water partition coefficient (Wildman–Crippen LogP) is 5.99. The minimum Gasteiger partial charge on any atom is -0.455 e. The zero-order chi connectivity index (χ0) is 14.8. The Kier molecular flexibility index (Phi) is 4.27. The van der Waals surface area contributed by atoms with E-state index in [4.69, 9.17) is 4.74 Å². The van der Waals surface area contributed by atoms with Gasteiger partial charge in [0, 0.05) is 26.4 Å². The first-order valence-electron chi connectivity index (χ1n) is 6.56. The Hall–Kier alpha value is -1.39. The van der Waals surface area contributed by atoms with E-state index >= 15 is 0 Å². The normalized spacial score (nSPS) is 10.8. The first kappa shape index (κ1) is 14.5. The van der Waals surface area contributed by atoms with Gasteiger partial charge < -0.3 is 4.74 Å². The fraction of sp³-hybridized carbons (Fsp3) is 0.118. The van der Waals surface area contributed by atoms with E-state index in [2.05, 4.69) is 42.9 Å². The number of aromatic nitrogens is 1. The number of hydrogen-bond donors (Lipinski definition) is 0. The summed E-state index contributed by atoms with van der Waals surface area (Å²) in [5.74, 6) is 1.62. The largest absolute Gasteiger partial charge is 0.455 e. The van der Waals surface area contributed by atoms with Crippen molar-refractivity contribution in [2.45, 2.75) is 12.3 Å². The molecule has 4 heteroatoms. The van der Waals surface area contributed by atoms with Crippen LogP contribution in [0.15, 0.2) is 53.0 Å². The topological polar surface area (TPSA) is 22.1 Å². The standard InChI is InChI=1S/C17H13Br2NO/c1-11-5-6-12-3-2-4-16(17(12)20-11)21-15-8-7-14(19)9-13(15)10-18/h2-9H,10H2,1H3. The van der Waals surface area contributed by atoms with E-state index in [9.17, 15) is 0 Å². The number of para-hydroxylation sites is 1. The molecule has 0 unspecified atom stereocenters. The highest BCUT2D eigenvalue weighted by molar-refractivity contribution is 9.10. The first-order valence-corrected chi connectivity index (χ1v) is 8.47. The number of ether oxygens (including phenoxy) is 1. The highest BCUT2D eigenvalue weighted by Gasteiger charge is 2.09. The number of benzene rings is 2. The molecule has 106 valence electrons. The highest BCUT2D eigenvalue weighted by atomic mass is 79.9. The molecule has 1 aromatic heterocycles. The summed E-state index contributed by atoms with van der Waals surface area (Å²) in [6.07, 6.45) is 0. The minimum atomic E-state index is 0.735. The molecule has 0 bridgehead atoms. The van der Waals surface area contributed by atoms with Gasteiger partial charge in [-0.1, -0.05) is 50.1 Å². The molecule has 0 saturated heterocycles. The highest BCUT2D eigenvalue weighted by Crippen LogP contribution is 2.33. The van der Waals surface area contributed by atoms with Crippen LogP contribution in [0.3, 0.4) is 0 Å². The molecule has 0 radical (unpaired) electrons. The molecule has 0 atom stereocenters. The van der Waals surface area contributed by atoms with Crippen molar-refractivity contribution in [3.05, 3.63) is 64.3 Å². The number of pyridine rings is 1. The van der Waals surface area contributed by atoms with Crippen molar-refractivity contribution in [1.82, 2.24) is 4.98 Å². The van der Waals surface area contributed by atoms with Crippen LogP contribution < -0.4 is 4.74 Å². The Bertz CT molecular complexity index is 802. The predicted molar refractivity (Wildman–Crippen MR) is 93.3 cm³/mol. The van der Waals surface area contributed by atoms with Crippen LogP contribution in [0, 0.1) is 6.92 Å². The van der Waals surface area contributed by atoms with E-state index in [1.54, 1.807) is 0 Å². The summed E-state index contributed by atoms with van der Waals surface area (Å²) >= 11 is 6.98. The zero-order valence-corrected chi connectivity index (χ0v) is 14.6.